The predicted octanol–water partition coefficient (Wildman–Crippen LogP) is 4.56. The quantitative estimate of drug-likeness (QED) is 0.879. The van der Waals surface area contributed by atoms with Gasteiger partial charge in [-0.15, -0.1) is 0 Å². The van der Waals surface area contributed by atoms with E-state index < -0.39 is 0 Å². The summed E-state index contributed by atoms with van der Waals surface area (Å²) in [6.45, 7) is 5.84. The first-order valence-electron chi connectivity index (χ1n) is 5.51. The minimum atomic E-state index is 0.384. The Morgan fingerprint density at radius 2 is 1.78 bits per heavy atom. The highest BCUT2D eigenvalue weighted by Gasteiger charge is 2.07. The Hall–Kier alpha value is -1.13. The van der Waals surface area contributed by atoms with Crippen LogP contribution in [0.5, 0.6) is 0 Å². The van der Waals surface area contributed by atoms with Crippen LogP contribution in [0.25, 0.3) is 0 Å². The molecule has 2 rings (SSSR count). The zero-order valence-corrected chi connectivity index (χ0v) is 12.7. The van der Waals surface area contributed by atoms with Crippen LogP contribution in [-0.2, 0) is 0 Å². The largest absolute Gasteiger partial charge is 0.338 e. The molecule has 2 aromatic rings. The van der Waals surface area contributed by atoms with Gasteiger partial charge in [0.2, 0.25) is 0 Å². The van der Waals surface area contributed by atoms with Crippen molar-refractivity contribution in [2.45, 2.75) is 20.8 Å². The number of hydrogen-bond acceptors (Lipinski definition) is 3. The van der Waals surface area contributed by atoms with E-state index in [1.165, 1.54) is 5.56 Å². The van der Waals surface area contributed by atoms with Gasteiger partial charge in [-0.25, -0.2) is 9.97 Å². The van der Waals surface area contributed by atoms with E-state index in [9.17, 15) is 0 Å². The Morgan fingerprint density at radius 1 is 1.11 bits per heavy atom. The lowest BCUT2D eigenvalue weighted by Gasteiger charge is -2.10. The van der Waals surface area contributed by atoms with Crippen molar-refractivity contribution < 1.29 is 0 Å². The molecule has 0 aliphatic carbocycles. The van der Waals surface area contributed by atoms with Crippen molar-refractivity contribution >= 4 is 39.0 Å². The SMILES string of the molecule is Cc1ccc(Nc2nc(C)c(C)nc2Cl)cc1Br. The zero-order valence-electron chi connectivity index (χ0n) is 10.4. The second kappa shape index (κ2) is 5.24. The molecule has 0 aliphatic rings. The lowest BCUT2D eigenvalue weighted by Crippen LogP contribution is -2.00. The Morgan fingerprint density at radius 3 is 2.44 bits per heavy atom. The molecule has 1 aromatic carbocycles. The molecule has 0 unspecified atom stereocenters. The highest BCUT2D eigenvalue weighted by Crippen LogP contribution is 2.26. The van der Waals surface area contributed by atoms with Crippen molar-refractivity contribution in [2.75, 3.05) is 5.32 Å². The summed E-state index contributed by atoms with van der Waals surface area (Å²) in [5, 5.41) is 3.56. The van der Waals surface area contributed by atoms with Gasteiger partial charge in [-0.05, 0) is 38.5 Å². The number of halogens is 2. The van der Waals surface area contributed by atoms with E-state index >= 15 is 0 Å². The fourth-order valence-electron chi connectivity index (χ4n) is 1.46. The summed E-state index contributed by atoms with van der Waals surface area (Å²) in [4.78, 5) is 8.64. The molecular formula is C13H13BrClN3. The number of nitrogens with zero attached hydrogens (tertiary/aromatic N) is 2. The number of aromatic nitrogens is 2. The summed E-state index contributed by atoms with van der Waals surface area (Å²) in [6.07, 6.45) is 0. The number of hydrogen-bond donors (Lipinski definition) is 1. The smallest absolute Gasteiger partial charge is 0.172 e. The van der Waals surface area contributed by atoms with Gasteiger partial charge in [0, 0.05) is 10.2 Å². The van der Waals surface area contributed by atoms with E-state index in [1.54, 1.807) is 0 Å². The molecule has 1 N–H and O–H groups in total. The molecule has 0 fully saturated rings. The maximum atomic E-state index is 6.07. The summed E-state index contributed by atoms with van der Waals surface area (Å²) in [6, 6.07) is 5.99. The summed E-state index contributed by atoms with van der Waals surface area (Å²) in [5.41, 5.74) is 3.81. The van der Waals surface area contributed by atoms with E-state index in [0.29, 0.717) is 11.0 Å². The number of benzene rings is 1. The predicted molar refractivity (Wildman–Crippen MR) is 78.7 cm³/mol. The molecule has 0 bridgehead atoms. The van der Waals surface area contributed by atoms with Gasteiger partial charge < -0.3 is 5.32 Å². The molecule has 0 saturated heterocycles. The van der Waals surface area contributed by atoms with Crippen molar-refractivity contribution in [3.05, 3.63) is 44.8 Å². The molecule has 0 aliphatic heterocycles. The third kappa shape index (κ3) is 2.82. The molecule has 1 heterocycles. The minimum Gasteiger partial charge on any atom is -0.338 e. The Labute approximate surface area is 120 Å². The van der Waals surface area contributed by atoms with Crippen LogP contribution in [0, 0.1) is 20.8 Å². The first-order chi connectivity index (χ1) is 8.47. The summed E-state index contributed by atoms with van der Waals surface area (Å²) < 4.78 is 1.04. The van der Waals surface area contributed by atoms with E-state index in [4.69, 9.17) is 11.6 Å². The Bertz CT molecular complexity index is 599. The van der Waals surface area contributed by atoms with E-state index in [1.807, 2.05) is 39.0 Å². The van der Waals surface area contributed by atoms with Crippen LogP contribution >= 0.6 is 27.5 Å². The van der Waals surface area contributed by atoms with Crippen molar-refractivity contribution in [2.24, 2.45) is 0 Å². The summed E-state index contributed by atoms with van der Waals surface area (Å²) in [5.74, 6) is 0.579. The topological polar surface area (TPSA) is 37.8 Å². The molecular weight excluding hydrogens is 314 g/mol. The number of nitrogens with one attached hydrogen (secondary N) is 1. The van der Waals surface area contributed by atoms with Gasteiger partial charge in [-0.2, -0.15) is 0 Å². The maximum absolute atomic E-state index is 6.07. The molecule has 0 amide bonds. The lowest BCUT2D eigenvalue weighted by atomic mass is 10.2. The van der Waals surface area contributed by atoms with E-state index in [2.05, 4.69) is 31.2 Å². The number of aryl methyl sites for hydroxylation is 3. The second-order valence-corrected chi connectivity index (χ2v) is 5.34. The molecule has 1 aromatic heterocycles. The third-order valence-electron chi connectivity index (χ3n) is 2.70. The number of rotatable bonds is 2. The van der Waals surface area contributed by atoms with Crippen LogP contribution in [0.2, 0.25) is 5.15 Å². The standard InChI is InChI=1S/C13H13BrClN3/c1-7-4-5-10(6-11(7)14)18-13-12(15)16-8(2)9(3)17-13/h4-6H,1-3H3,(H,17,18). The van der Waals surface area contributed by atoms with Crippen LogP contribution in [0.3, 0.4) is 0 Å². The van der Waals surface area contributed by atoms with Gasteiger partial charge >= 0.3 is 0 Å². The van der Waals surface area contributed by atoms with Gasteiger partial charge in [-0.3, -0.25) is 0 Å². The minimum absolute atomic E-state index is 0.384. The van der Waals surface area contributed by atoms with Crippen LogP contribution in [0.15, 0.2) is 22.7 Å². The van der Waals surface area contributed by atoms with Crippen LogP contribution in [0.1, 0.15) is 17.0 Å². The molecule has 0 saturated carbocycles. The molecule has 0 atom stereocenters. The monoisotopic (exact) mass is 325 g/mol. The van der Waals surface area contributed by atoms with Crippen molar-refractivity contribution in [3.8, 4) is 0 Å². The van der Waals surface area contributed by atoms with Crippen molar-refractivity contribution in [1.29, 1.82) is 0 Å². The molecule has 0 radical (unpaired) electrons. The van der Waals surface area contributed by atoms with Gasteiger partial charge in [0.25, 0.3) is 0 Å². The van der Waals surface area contributed by atoms with Gasteiger partial charge in [0.05, 0.1) is 11.4 Å². The first-order valence-corrected chi connectivity index (χ1v) is 6.68. The normalized spacial score (nSPS) is 10.5. The lowest BCUT2D eigenvalue weighted by molar-refractivity contribution is 1.05. The summed E-state index contributed by atoms with van der Waals surface area (Å²) in [7, 11) is 0. The molecule has 5 heteroatoms. The van der Waals surface area contributed by atoms with Gasteiger partial charge in [-0.1, -0.05) is 33.6 Å². The third-order valence-corrected chi connectivity index (χ3v) is 3.82. The first kappa shape index (κ1) is 13.3. The fraction of sp³-hybridized carbons (Fsp3) is 0.231. The highest BCUT2D eigenvalue weighted by atomic mass is 79.9. The van der Waals surface area contributed by atoms with Crippen molar-refractivity contribution in [1.82, 2.24) is 9.97 Å². The average molecular weight is 327 g/mol. The number of anilines is 2. The molecule has 94 valence electrons. The zero-order chi connectivity index (χ0) is 13.3. The van der Waals surface area contributed by atoms with E-state index in [-0.39, 0.29) is 0 Å². The van der Waals surface area contributed by atoms with Crippen LogP contribution < -0.4 is 5.32 Å². The van der Waals surface area contributed by atoms with Crippen LogP contribution in [-0.4, -0.2) is 9.97 Å². The van der Waals surface area contributed by atoms with Crippen LogP contribution in [0.4, 0.5) is 11.5 Å². The molecule has 3 nitrogen and oxygen atoms in total. The van der Waals surface area contributed by atoms with Gasteiger partial charge in [0.15, 0.2) is 11.0 Å². The highest BCUT2D eigenvalue weighted by molar-refractivity contribution is 9.10. The van der Waals surface area contributed by atoms with E-state index in [0.717, 1.165) is 21.5 Å². The Balaban J connectivity index is 2.34. The van der Waals surface area contributed by atoms with Gasteiger partial charge in [0.1, 0.15) is 0 Å². The molecule has 18 heavy (non-hydrogen) atoms. The summed E-state index contributed by atoms with van der Waals surface area (Å²) >= 11 is 9.57. The second-order valence-electron chi connectivity index (χ2n) is 4.12. The Kier molecular flexibility index (Phi) is 3.88. The van der Waals surface area contributed by atoms with Crippen molar-refractivity contribution in [3.63, 3.8) is 0 Å². The molecule has 0 spiro atoms. The fourth-order valence-corrected chi connectivity index (χ4v) is 2.06. The maximum Gasteiger partial charge on any atom is 0.172 e. The average Bonchev–Trinajstić information content (AvgIpc) is 2.31.